The third-order valence-electron chi connectivity index (χ3n) is 2.11. The molecule has 0 heterocycles. The molecule has 1 atom stereocenters. The highest BCUT2D eigenvalue weighted by atomic mass is 19.4. The molecular weight excluding hydrogens is 284 g/mol. The molecule has 0 saturated carbocycles. The van der Waals surface area contributed by atoms with Crippen molar-refractivity contribution in [1.82, 2.24) is 5.32 Å². The maximum atomic E-state index is 12.2. The zero-order chi connectivity index (χ0) is 15.4. The number of carboxylic acid groups (broad SMARTS) is 1. The fourth-order valence-corrected chi connectivity index (χ4v) is 1.28. The summed E-state index contributed by atoms with van der Waals surface area (Å²) in [6.07, 6.45) is -11.8. The molecule has 0 aliphatic rings. The molecule has 112 valence electrons. The van der Waals surface area contributed by atoms with Gasteiger partial charge in [-0.3, -0.25) is 4.79 Å². The SMILES string of the molecule is CCC[C@@H](NC(=O)C(C(F)(F)F)C(F)(F)F)C(=O)O. The number of halogens is 6. The van der Waals surface area contributed by atoms with E-state index in [0.717, 1.165) is 0 Å². The predicted octanol–water partition coefficient (Wildman–Crippen LogP) is 2.10. The van der Waals surface area contributed by atoms with Gasteiger partial charge in [0.05, 0.1) is 0 Å². The summed E-state index contributed by atoms with van der Waals surface area (Å²) < 4.78 is 73.1. The first-order valence-electron chi connectivity index (χ1n) is 5.07. The fourth-order valence-electron chi connectivity index (χ4n) is 1.28. The number of aliphatic carboxylic acids is 1. The fraction of sp³-hybridized carbons (Fsp3) is 0.778. The Kier molecular flexibility index (Phi) is 5.63. The van der Waals surface area contributed by atoms with E-state index >= 15 is 0 Å². The molecule has 0 bridgehead atoms. The molecule has 19 heavy (non-hydrogen) atoms. The van der Waals surface area contributed by atoms with Gasteiger partial charge in [0.25, 0.3) is 0 Å². The van der Waals surface area contributed by atoms with E-state index in [1.807, 2.05) is 0 Å². The van der Waals surface area contributed by atoms with Crippen LogP contribution in [0.2, 0.25) is 0 Å². The zero-order valence-electron chi connectivity index (χ0n) is 9.60. The summed E-state index contributed by atoms with van der Waals surface area (Å²) >= 11 is 0. The molecule has 1 amide bonds. The molecule has 10 heteroatoms. The van der Waals surface area contributed by atoms with Crippen molar-refractivity contribution >= 4 is 11.9 Å². The van der Waals surface area contributed by atoms with Crippen LogP contribution in [0.15, 0.2) is 0 Å². The Bertz CT molecular complexity index is 324. The number of nitrogens with one attached hydrogen (secondary N) is 1. The highest BCUT2D eigenvalue weighted by molar-refractivity contribution is 5.85. The molecule has 0 saturated heterocycles. The first-order chi connectivity index (χ1) is 8.41. The van der Waals surface area contributed by atoms with Crippen molar-refractivity contribution in [2.45, 2.75) is 38.2 Å². The van der Waals surface area contributed by atoms with Gasteiger partial charge in [0.1, 0.15) is 6.04 Å². The number of hydrogen-bond donors (Lipinski definition) is 2. The predicted molar refractivity (Wildman–Crippen MR) is 50.1 cm³/mol. The molecule has 4 nitrogen and oxygen atoms in total. The van der Waals surface area contributed by atoms with Crippen LogP contribution in [0.3, 0.4) is 0 Å². The van der Waals surface area contributed by atoms with Crippen LogP contribution in [0.4, 0.5) is 26.3 Å². The third kappa shape index (κ3) is 5.35. The maximum Gasteiger partial charge on any atom is 0.409 e. The van der Waals surface area contributed by atoms with Crippen LogP contribution in [0.5, 0.6) is 0 Å². The molecule has 0 spiro atoms. The van der Waals surface area contributed by atoms with Crippen molar-refractivity contribution < 1.29 is 41.0 Å². The zero-order valence-corrected chi connectivity index (χ0v) is 9.60. The van der Waals surface area contributed by atoms with Gasteiger partial charge in [0.15, 0.2) is 0 Å². The number of carbonyl (C=O) groups is 2. The summed E-state index contributed by atoms with van der Waals surface area (Å²) in [7, 11) is 0. The van der Waals surface area contributed by atoms with E-state index in [1.54, 1.807) is 0 Å². The molecule has 0 unspecified atom stereocenters. The first-order valence-corrected chi connectivity index (χ1v) is 5.07. The van der Waals surface area contributed by atoms with Crippen molar-refractivity contribution in [3.05, 3.63) is 0 Å². The molecule has 0 aromatic carbocycles. The lowest BCUT2D eigenvalue weighted by Crippen LogP contribution is -2.52. The van der Waals surface area contributed by atoms with Gasteiger partial charge in [-0.05, 0) is 6.42 Å². The topological polar surface area (TPSA) is 66.4 Å². The Balaban J connectivity index is 5.08. The van der Waals surface area contributed by atoms with Crippen molar-refractivity contribution in [3.63, 3.8) is 0 Å². The first kappa shape index (κ1) is 17.5. The summed E-state index contributed by atoms with van der Waals surface area (Å²) in [4.78, 5) is 21.6. The Labute approximate surface area is 103 Å². The molecule has 0 rings (SSSR count). The minimum atomic E-state index is -5.84. The number of carboxylic acids is 1. The Morgan fingerprint density at radius 1 is 1.11 bits per heavy atom. The summed E-state index contributed by atoms with van der Waals surface area (Å²) in [5, 5.41) is 9.82. The van der Waals surface area contributed by atoms with Gasteiger partial charge in [0.2, 0.25) is 11.8 Å². The Hall–Kier alpha value is -1.48. The number of alkyl halides is 6. The second kappa shape index (κ2) is 6.11. The van der Waals surface area contributed by atoms with Crippen molar-refractivity contribution in [3.8, 4) is 0 Å². The van der Waals surface area contributed by atoms with Crippen LogP contribution in [0.25, 0.3) is 0 Å². The van der Waals surface area contributed by atoms with E-state index in [0.29, 0.717) is 0 Å². The van der Waals surface area contributed by atoms with Gasteiger partial charge in [-0.15, -0.1) is 0 Å². The van der Waals surface area contributed by atoms with Gasteiger partial charge in [-0.25, -0.2) is 4.79 Å². The molecule has 2 N–H and O–H groups in total. The van der Waals surface area contributed by atoms with E-state index in [9.17, 15) is 35.9 Å². The van der Waals surface area contributed by atoms with E-state index in [4.69, 9.17) is 5.11 Å². The van der Waals surface area contributed by atoms with Crippen molar-refractivity contribution in [1.29, 1.82) is 0 Å². The maximum absolute atomic E-state index is 12.2. The number of rotatable bonds is 5. The smallest absolute Gasteiger partial charge is 0.409 e. The lowest BCUT2D eigenvalue weighted by molar-refractivity contribution is -0.274. The van der Waals surface area contributed by atoms with Gasteiger partial charge in [-0.2, -0.15) is 26.3 Å². The van der Waals surface area contributed by atoms with Gasteiger partial charge in [0, 0.05) is 0 Å². The summed E-state index contributed by atoms with van der Waals surface area (Å²) in [5.41, 5.74) is 0. The molecule has 0 radical (unpaired) electrons. The molecule has 0 aromatic heterocycles. The van der Waals surface area contributed by atoms with Crippen LogP contribution in [-0.2, 0) is 9.59 Å². The van der Waals surface area contributed by atoms with Gasteiger partial charge >= 0.3 is 18.3 Å². The third-order valence-corrected chi connectivity index (χ3v) is 2.11. The van der Waals surface area contributed by atoms with Crippen LogP contribution in [0, 0.1) is 5.92 Å². The summed E-state index contributed by atoms with van der Waals surface area (Å²) in [6, 6.07) is -1.79. The standard InChI is InChI=1S/C9H11F6NO3/c1-2-3-4(7(18)19)16-6(17)5(8(10,11)12)9(13,14)15/h4-5H,2-3H2,1H3,(H,16,17)(H,18,19)/t4-/m1/s1. The molecule has 0 aromatic rings. The van der Waals surface area contributed by atoms with Gasteiger partial charge in [-0.1, -0.05) is 13.3 Å². The summed E-state index contributed by atoms with van der Waals surface area (Å²) in [6.45, 7) is 1.47. The van der Waals surface area contributed by atoms with E-state index in [1.165, 1.54) is 12.2 Å². The average Bonchev–Trinajstić information content (AvgIpc) is 2.11. The van der Waals surface area contributed by atoms with Crippen LogP contribution >= 0.6 is 0 Å². The monoisotopic (exact) mass is 295 g/mol. The molecule has 0 fully saturated rings. The second-order valence-electron chi connectivity index (χ2n) is 3.70. The number of carbonyl (C=O) groups excluding carboxylic acids is 1. The minimum Gasteiger partial charge on any atom is -0.480 e. The van der Waals surface area contributed by atoms with Crippen molar-refractivity contribution in [2.24, 2.45) is 5.92 Å². The van der Waals surface area contributed by atoms with E-state index < -0.39 is 36.2 Å². The average molecular weight is 295 g/mol. The Morgan fingerprint density at radius 2 is 1.53 bits per heavy atom. The molecular formula is C9H11F6NO3. The normalized spacial score (nSPS) is 14.3. The van der Waals surface area contributed by atoms with Crippen LogP contribution < -0.4 is 5.32 Å². The van der Waals surface area contributed by atoms with Gasteiger partial charge < -0.3 is 10.4 Å². The lowest BCUT2D eigenvalue weighted by Gasteiger charge is -2.23. The van der Waals surface area contributed by atoms with Crippen LogP contribution in [0.1, 0.15) is 19.8 Å². The summed E-state index contributed by atoms with van der Waals surface area (Å²) in [5.74, 6) is -8.35. The quantitative estimate of drug-likeness (QED) is 0.763. The highest BCUT2D eigenvalue weighted by Crippen LogP contribution is 2.39. The van der Waals surface area contributed by atoms with Crippen molar-refractivity contribution in [2.75, 3.05) is 0 Å². The number of hydrogen-bond acceptors (Lipinski definition) is 2. The Morgan fingerprint density at radius 3 is 1.79 bits per heavy atom. The largest absolute Gasteiger partial charge is 0.480 e. The highest BCUT2D eigenvalue weighted by Gasteiger charge is 2.61. The minimum absolute atomic E-state index is 0.167. The van der Waals surface area contributed by atoms with E-state index in [-0.39, 0.29) is 12.8 Å². The molecule has 0 aliphatic carbocycles. The number of amides is 1. The molecule has 0 aliphatic heterocycles. The van der Waals surface area contributed by atoms with Crippen LogP contribution in [-0.4, -0.2) is 35.4 Å². The second-order valence-corrected chi connectivity index (χ2v) is 3.70. The lowest BCUT2D eigenvalue weighted by atomic mass is 10.1. The van der Waals surface area contributed by atoms with E-state index in [2.05, 4.69) is 0 Å².